The first kappa shape index (κ1) is 22.6. The van der Waals surface area contributed by atoms with Crippen LogP contribution in [0.3, 0.4) is 0 Å². The summed E-state index contributed by atoms with van der Waals surface area (Å²) >= 11 is 0. The number of amides is 1. The van der Waals surface area contributed by atoms with Gasteiger partial charge in [-0.1, -0.05) is 62.4 Å². The molecule has 6 heteroatoms. The summed E-state index contributed by atoms with van der Waals surface area (Å²) in [5.41, 5.74) is 3.89. The zero-order valence-corrected chi connectivity index (χ0v) is 19.1. The second-order valence-electron chi connectivity index (χ2n) is 7.90. The molecule has 0 unspecified atom stereocenters. The molecule has 3 aromatic rings. The van der Waals surface area contributed by atoms with Crippen molar-refractivity contribution in [2.24, 2.45) is 0 Å². The van der Waals surface area contributed by atoms with Crippen LogP contribution in [-0.2, 0) is 14.8 Å². The third-order valence-electron chi connectivity index (χ3n) is 5.11. The Morgan fingerprint density at radius 1 is 0.935 bits per heavy atom. The van der Waals surface area contributed by atoms with E-state index in [0.717, 1.165) is 16.7 Å². The first-order valence-corrected chi connectivity index (χ1v) is 11.7. The number of aryl methyl sites for hydroxylation is 2. The molecule has 0 radical (unpaired) electrons. The van der Waals surface area contributed by atoms with Crippen LogP contribution in [0.1, 0.15) is 36.5 Å². The van der Waals surface area contributed by atoms with Gasteiger partial charge < -0.3 is 5.32 Å². The van der Waals surface area contributed by atoms with Gasteiger partial charge in [0.25, 0.3) is 10.0 Å². The predicted octanol–water partition coefficient (Wildman–Crippen LogP) is 5.26. The number of benzene rings is 3. The number of sulfonamides is 1. The van der Waals surface area contributed by atoms with E-state index in [1.165, 1.54) is 4.31 Å². The molecule has 0 bridgehead atoms. The number of anilines is 2. The number of carbonyl (C=O) groups excluding carboxylic acids is 1. The molecule has 3 aromatic carbocycles. The third-order valence-corrected chi connectivity index (χ3v) is 6.88. The molecule has 0 saturated carbocycles. The summed E-state index contributed by atoms with van der Waals surface area (Å²) in [5, 5.41) is 2.90. The number of nitrogens with zero attached hydrogens (tertiary/aromatic N) is 1. The molecule has 0 aromatic heterocycles. The molecule has 162 valence electrons. The fourth-order valence-electron chi connectivity index (χ4n) is 3.44. The van der Waals surface area contributed by atoms with Crippen LogP contribution in [0.25, 0.3) is 0 Å². The van der Waals surface area contributed by atoms with Crippen molar-refractivity contribution in [1.82, 2.24) is 0 Å². The molecule has 0 spiro atoms. The van der Waals surface area contributed by atoms with E-state index in [2.05, 4.69) is 5.32 Å². The molecule has 0 saturated heterocycles. The number of hydrogen-bond acceptors (Lipinski definition) is 3. The van der Waals surface area contributed by atoms with E-state index >= 15 is 0 Å². The smallest absolute Gasteiger partial charge is 0.264 e. The number of para-hydroxylation sites is 1. The van der Waals surface area contributed by atoms with E-state index in [0.29, 0.717) is 11.4 Å². The van der Waals surface area contributed by atoms with Gasteiger partial charge in [-0.25, -0.2) is 8.42 Å². The van der Waals surface area contributed by atoms with Gasteiger partial charge in [-0.2, -0.15) is 0 Å². The van der Waals surface area contributed by atoms with E-state index in [9.17, 15) is 13.2 Å². The molecule has 0 atom stereocenters. The van der Waals surface area contributed by atoms with Crippen molar-refractivity contribution in [3.63, 3.8) is 0 Å². The van der Waals surface area contributed by atoms with Crippen molar-refractivity contribution in [3.8, 4) is 0 Å². The normalized spacial score (nSPS) is 11.4. The first-order valence-electron chi connectivity index (χ1n) is 10.2. The molecule has 1 N–H and O–H groups in total. The highest BCUT2D eigenvalue weighted by Gasteiger charge is 2.28. The average molecular weight is 437 g/mol. The zero-order valence-electron chi connectivity index (χ0n) is 18.3. The highest BCUT2D eigenvalue weighted by molar-refractivity contribution is 7.92. The van der Waals surface area contributed by atoms with Crippen LogP contribution in [0.4, 0.5) is 11.4 Å². The van der Waals surface area contributed by atoms with Crippen LogP contribution in [0.2, 0.25) is 0 Å². The lowest BCUT2D eigenvalue weighted by molar-refractivity contribution is -0.114. The first-order chi connectivity index (χ1) is 14.7. The molecule has 5 nitrogen and oxygen atoms in total. The second-order valence-corrected chi connectivity index (χ2v) is 9.77. The molecule has 0 fully saturated rings. The van der Waals surface area contributed by atoms with Gasteiger partial charge in [0.15, 0.2) is 0 Å². The van der Waals surface area contributed by atoms with Crippen LogP contribution >= 0.6 is 0 Å². The number of rotatable bonds is 7. The summed E-state index contributed by atoms with van der Waals surface area (Å²) in [6, 6.07) is 21.3. The Balaban J connectivity index is 2.00. The molecular formula is C25H28N2O3S. The summed E-state index contributed by atoms with van der Waals surface area (Å²) in [6.45, 7) is 7.51. The lowest BCUT2D eigenvalue weighted by Crippen LogP contribution is -2.38. The van der Waals surface area contributed by atoms with Crippen LogP contribution in [-0.4, -0.2) is 20.9 Å². The second kappa shape index (κ2) is 9.35. The maximum Gasteiger partial charge on any atom is 0.264 e. The fourth-order valence-corrected chi connectivity index (χ4v) is 4.94. The number of carbonyl (C=O) groups is 1. The molecule has 0 heterocycles. The highest BCUT2D eigenvalue weighted by Crippen LogP contribution is 2.28. The third kappa shape index (κ3) is 5.14. The van der Waals surface area contributed by atoms with Gasteiger partial charge in [0.2, 0.25) is 5.91 Å². The van der Waals surface area contributed by atoms with Crippen molar-refractivity contribution in [1.29, 1.82) is 0 Å². The molecule has 0 aliphatic rings. The van der Waals surface area contributed by atoms with Crippen LogP contribution in [0.5, 0.6) is 0 Å². The van der Waals surface area contributed by atoms with E-state index in [1.807, 2.05) is 64.1 Å². The molecule has 0 aliphatic carbocycles. The summed E-state index contributed by atoms with van der Waals surface area (Å²) < 4.78 is 28.2. The Labute approximate surface area is 184 Å². The maximum absolute atomic E-state index is 13.5. The highest BCUT2D eigenvalue weighted by atomic mass is 32.2. The predicted molar refractivity (Wildman–Crippen MR) is 126 cm³/mol. The monoisotopic (exact) mass is 436 g/mol. The summed E-state index contributed by atoms with van der Waals surface area (Å²) in [7, 11) is -3.93. The minimum atomic E-state index is -3.93. The van der Waals surface area contributed by atoms with E-state index in [1.54, 1.807) is 36.4 Å². The lowest BCUT2D eigenvalue weighted by Gasteiger charge is -2.26. The van der Waals surface area contributed by atoms with E-state index < -0.39 is 15.9 Å². The van der Waals surface area contributed by atoms with Crippen LogP contribution in [0, 0.1) is 13.8 Å². The van der Waals surface area contributed by atoms with Crippen molar-refractivity contribution in [2.45, 2.75) is 38.5 Å². The molecule has 3 rings (SSSR count). The van der Waals surface area contributed by atoms with E-state index in [-0.39, 0.29) is 17.4 Å². The fraction of sp³-hybridized carbons (Fsp3) is 0.240. The van der Waals surface area contributed by atoms with Gasteiger partial charge in [-0.3, -0.25) is 9.10 Å². The molecular weight excluding hydrogens is 408 g/mol. The number of nitrogens with one attached hydrogen (secondary N) is 1. The van der Waals surface area contributed by atoms with Crippen molar-refractivity contribution < 1.29 is 13.2 Å². The largest absolute Gasteiger partial charge is 0.324 e. The lowest BCUT2D eigenvalue weighted by atomic mass is 10.0. The van der Waals surface area contributed by atoms with Crippen molar-refractivity contribution in [3.05, 3.63) is 89.5 Å². The van der Waals surface area contributed by atoms with Crippen LogP contribution < -0.4 is 9.62 Å². The Morgan fingerprint density at radius 3 is 2.26 bits per heavy atom. The zero-order chi connectivity index (χ0) is 22.6. The van der Waals surface area contributed by atoms with Gasteiger partial charge >= 0.3 is 0 Å². The van der Waals surface area contributed by atoms with E-state index in [4.69, 9.17) is 0 Å². The standard InChI is InChI=1S/C25H28N2O3S/c1-18(2)22-12-8-9-13-23(22)26-25(28)17-27(24-16-19(3)14-15-20(24)4)31(29,30)21-10-6-5-7-11-21/h5-16,18H,17H2,1-4H3,(H,26,28). The molecule has 31 heavy (non-hydrogen) atoms. The number of hydrogen-bond donors (Lipinski definition) is 1. The maximum atomic E-state index is 13.5. The summed E-state index contributed by atoms with van der Waals surface area (Å²) in [4.78, 5) is 13.2. The molecule has 1 amide bonds. The van der Waals surface area contributed by atoms with Gasteiger partial charge in [-0.15, -0.1) is 0 Å². The quantitative estimate of drug-likeness (QED) is 0.549. The average Bonchev–Trinajstić information content (AvgIpc) is 2.74. The van der Waals surface area contributed by atoms with Gasteiger partial charge in [0, 0.05) is 5.69 Å². The Kier molecular flexibility index (Phi) is 6.81. The van der Waals surface area contributed by atoms with Crippen LogP contribution in [0.15, 0.2) is 77.7 Å². The minimum absolute atomic E-state index is 0.145. The Hall–Kier alpha value is -3.12. The van der Waals surface area contributed by atoms with Gasteiger partial charge in [0.1, 0.15) is 6.54 Å². The van der Waals surface area contributed by atoms with Gasteiger partial charge in [-0.05, 0) is 60.7 Å². The van der Waals surface area contributed by atoms with Crippen molar-refractivity contribution >= 4 is 27.3 Å². The minimum Gasteiger partial charge on any atom is -0.324 e. The topological polar surface area (TPSA) is 66.5 Å². The van der Waals surface area contributed by atoms with Gasteiger partial charge in [0.05, 0.1) is 10.6 Å². The summed E-state index contributed by atoms with van der Waals surface area (Å²) in [5.74, 6) is -0.173. The SMILES string of the molecule is Cc1ccc(C)c(N(CC(=O)Nc2ccccc2C(C)C)S(=O)(=O)c2ccccc2)c1. The van der Waals surface area contributed by atoms with Crippen molar-refractivity contribution in [2.75, 3.05) is 16.2 Å². The summed E-state index contributed by atoms with van der Waals surface area (Å²) in [6.07, 6.45) is 0. The Morgan fingerprint density at radius 2 is 1.58 bits per heavy atom. The Bertz CT molecular complexity index is 1170. The molecule has 0 aliphatic heterocycles.